The summed E-state index contributed by atoms with van der Waals surface area (Å²) in [6.07, 6.45) is 0.795. The molecular weight excluding hydrogens is 342 g/mol. The fourth-order valence-electron chi connectivity index (χ4n) is 3.70. The summed E-state index contributed by atoms with van der Waals surface area (Å²) in [5, 5.41) is 0. The lowest BCUT2D eigenvalue weighted by molar-refractivity contribution is 0.105. The SMILES string of the molecule is CCOC(=O)N1CCN(c2nc(C)cc(N3CCc4ccccc43)n2)CC1. The zero-order valence-corrected chi connectivity index (χ0v) is 15.9. The number of carbonyl (C=O) groups is 1. The van der Waals surface area contributed by atoms with Crippen LogP contribution in [-0.4, -0.2) is 60.3 Å². The normalized spacial score (nSPS) is 16.4. The van der Waals surface area contributed by atoms with Crippen LogP contribution in [0, 0.1) is 6.92 Å². The van der Waals surface area contributed by atoms with Gasteiger partial charge in [0.25, 0.3) is 0 Å². The van der Waals surface area contributed by atoms with Crippen molar-refractivity contribution in [2.45, 2.75) is 20.3 Å². The van der Waals surface area contributed by atoms with Crippen LogP contribution in [-0.2, 0) is 11.2 Å². The van der Waals surface area contributed by atoms with E-state index in [4.69, 9.17) is 9.72 Å². The topological polar surface area (TPSA) is 61.8 Å². The van der Waals surface area contributed by atoms with E-state index in [1.165, 1.54) is 11.3 Å². The van der Waals surface area contributed by atoms with E-state index in [0.717, 1.165) is 30.4 Å². The molecule has 0 aliphatic carbocycles. The molecule has 0 radical (unpaired) electrons. The monoisotopic (exact) mass is 367 g/mol. The minimum absolute atomic E-state index is 0.239. The van der Waals surface area contributed by atoms with Crippen LogP contribution >= 0.6 is 0 Å². The lowest BCUT2D eigenvalue weighted by Crippen LogP contribution is -2.49. The second-order valence-electron chi connectivity index (χ2n) is 6.87. The van der Waals surface area contributed by atoms with Crippen molar-refractivity contribution in [2.24, 2.45) is 0 Å². The number of ether oxygens (including phenoxy) is 1. The first-order valence-corrected chi connectivity index (χ1v) is 9.53. The van der Waals surface area contributed by atoms with E-state index in [0.29, 0.717) is 32.8 Å². The molecule has 2 aliphatic rings. The number of benzene rings is 1. The molecule has 1 saturated heterocycles. The maximum atomic E-state index is 11.9. The molecule has 0 saturated carbocycles. The standard InChI is InChI=1S/C20H25N5O2/c1-3-27-20(26)24-12-10-23(11-13-24)19-21-15(2)14-18(22-19)25-9-8-16-6-4-5-7-17(16)25/h4-7,14H,3,8-13H2,1-2H3. The van der Waals surface area contributed by atoms with Crippen LogP contribution in [0.25, 0.3) is 0 Å². The van der Waals surface area contributed by atoms with Gasteiger partial charge in [0, 0.05) is 50.2 Å². The first-order chi connectivity index (χ1) is 13.2. The molecule has 0 bridgehead atoms. The van der Waals surface area contributed by atoms with Crippen molar-refractivity contribution in [2.75, 3.05) is 49.1 Å². The molecule has 3 heterocycles. The van der Waals surface area contributed by atoms with Gasteiger partial charge in [0.05, 0.1) is 6.61 Å². The van der Waals surface area contributed by atoms with E-state index in [-0.39, 0.29) is 6.09 Å². The highest BCUT2D eigenvalue weighted by Crippen LogP contribution is 2.34. The molecule has 0 atom stereocenters. The van der Waals surface area contributed by atoms with Crippen molar-refractivity contribution in [1.29, 1.82) is 0 Å². The van der Waals surface area contributed by atoms with Crippen LogP contribution in [0.3, 0.4) is 0 Å². The maximum absolute atomic E-state index is 11.9. The highest BCUT2D eigenvalue weighted by atomic mass is 16.6. The van der Waals surface area contributed by atoms with Gasteiger partial charge in [-0.3, -0.25) is 0 Å². The maximum Gasteiger partial charge on any atom is 0.409 e. The highest BCUT2D eigenvalue weighted by molar-refractivity contribution is 5.69. The average molecular weight is 367 g/mol. The Hall–Kier alpha value is -2.83. The summed E-state index contributed by atoms with van der Waals surface area (Å²) in [6, 6.07) is 10.5. The number of piperazine rings is 1. The van der Waals surface area contributed by atoms with Crippen LogP contribution in [0.5, 0.6) is 0 Å². The zero-order valence-electron chi connectivity index (χ0n) is 15.9. The molecule has 2 aliphatic heterocycles. The second-order valence-corrected chi connectivity index (χ2v) is 6.87. The Morgan fingerprint density at radius 1 is 1.11 bits per heavy atom. The highest BCUT2D eigenvalue weighted by Gasteiger charge is 2.26. The molecular formula is C20H25N5O2. The quantitative estimate of drug-likeness (QED) is 0.831. The Bertz CT molecular complexity index is 833. The second kappa shape index (κ2) is 7.42. The fourth-order valence-corrected chi connectivity index (χ4v) is 3.70. The van der Waals surface area contributed by atoms with Crippen molar-refractivity contribution in [1.82, 2.24) is 14.9 Å². The van der Waals surface area contributed by atoms with Crippen molar-refractivity contribution >= 4 is 23.5 Å². The Balaban J connectivity index is 1.52. The number of para-hydroxylation sites is 1. The van der Waals surface area contributed by atoms with Crippen molar-refractivity contribution in [3.8, 4) is 0 Å². The summed E-state index contributed by atoms with van der Waals surface area (Å²) in [7, 11) is 0. The zero-order chi connectivity index (χ0) is 18.8. The van der Waals surface area contributed by atoms with Gasteiger partial charge in [-0.15, -0.1) is 0 Å². The van der Waals surface area contributed by atoms with E-state index in [1.54, 1.807) is 4.90 Å². The molecule has 27 heavy (non-hydrogen) atoms. The summed E-state index contributed by atoms with van der Waals surface area (Å²) in [5.74, 6) is 1.67. The minimum atomic E-state index is -0.239. The fraction of sp³-hybridized carbons (Fsp3) is 0.450. The molecule has 1 aromatic heterocycles. The Labute approximate surface area is 159 Å². The number of nitrogens with zero attached hydrogens (tertiary/aromatic N) is 5. The van der Waals surface area contributed by atoms with Crippen LogP contribution in [0.4, 0.5) is 22.2 Å². The average Bonchev–Trinajstić information content (AvgIpc) is 3.12. The molecule has 7 heteroatoms. The molecule has 0 N–H and O–H groups in total. The van der Waals surface area contributed by atoms with E-state index >= 15 is 0 Å². The van der Waals surface area contributed by atoms with Gasteiger partial charge in [0.2, 0.25) is 5.95 Å². The third-order valence-corrected chi connectivity index (χ3v) is 5.08. The van der Waals surface area contributed by atoms with E-state index < -0.39 is 0 Å². The summed E-state index contributed by atoms with van der Waals surface area (Å²) in [4.78, 5) is 27.5. The summed E-state index contributed by atoms with van der Waals surface area (Å²) in [5.41, 5.74) is 3.54. The number of amides is 1. The van der Waals surface area contributed by atoms with E-state index in [2.05, 4.69) is 39.0 Å². The van der Waals surface area contributed by atoms with Crippen LogP contribution in [0.1, 0.15) is 18.2 Å². The lowest BCUT2D eigenvalue weighted by atomic mass is 10.2. The number of hydrogen-bond acceptors (Lipinski definition) is 6. The molecule has 4 rings (SSSR count). The van der Waals surface area contributed by atoms with Crippen molar-refractivity contribution < 1.29 is 9.53 Å². The molecule has 1 fully saturated rings. The van der Waals surface area contributed by atoms with Gasteiger partial charge in [-0.25, -0.2) is 9.78 Å². The van der Waals surface area contributed by atoms with Crippen LogP contribution in [0.15, 0.2) is 30.3 Å². The smallest absolute Gasteiger partial charge is 0.409 e. The first-order valence-electron chi connectivity index (χ1n) is 9.53. The van der Waals surface area contributed by atoms with Gasteiger partial charge in [-0.1, -0.05) is 18.2 Å². The molecule has 7 nitrogen and oxygen atoms in total. The molecule has 1 aromatic carbocycles. The van der Waals surface area contributed by atoms with Crippen molar-refractivity contribution in [3.05, 3.63) is 41.6 Å². The number of fused-ring (bicyclic) bond motifs is 1. The Morgan fingerprint density at radius 2 is 1.89 bits per heavy atom. The third kappa shape index (κ3) is 3.54. The first kappa shape index (κ1) is 17.6. The molecule has 2 aromatic rings. The van der Waals surface area contributed by atoms with Crippen LogP contribution in [0.2, 0.25) is 0 Å². The predicted octanol–water partition coefficient (Wildman–Crippen LogP) is 2.76. The largest absolute Gasteiger partial charge is 0.450 e. The van der Waals surface area contributed by atoms with Gasteiger partial charge >= 0.3 is 6.09 Å². The van der Waals surface area contributed by atoms with E-state index in [9.17, 15) is 4.79 Å². The minimum Gasteiger partial charge on any atom is -0.450 e. The molecule has 142 valence electrons. The van der Waals surface area contributed by atoms with Gasteiger partial charge in [-0.2, -0.15) is 4.98 Å². The van der Waals surface area contributed by atoms with E-state index in [1.807, 2.05) is 19.9 Å². The number of rotatable bonds is 3. The summed E-state index contributed by atoms with van der Waals surface area (Å²) in [6.45, 7) is 7.83. The summed E-state index contributed by atoms with van der Waals surface area (Å²) < 4.78 is 5.09. The number of carbonyl (C=O) groups excluding carboxylic acids is 1. The number of aryl methyl sites for hydroxylation is 1. The number of hydrogen-bond donors (Lipinski definition) is 0. The third-order valence-electron chi connectivity index (χ3n) is 5.08. The Morgan fingerprint density at radius 3 is 2.67 bits per heavy atom. The summed E-state index contributed by atoms with van der Waals surface area (Å²) >= 11 is 0. The Kier molecular flexibility index (Phi) is 4.83. The van der Waals surface area contributed by atoms with Crippen molar-refractivity contribution in [3.63, 3.8) is 0 Å². The lowest BCUT2D eigenvalue weighted by Gasteiger charge is -2.34. The predicted molar refractivity (Wildman–Crippen MR) is 105 cm³/mol. The molecule has 0 unspecified atom stereocenters. The van der Waals surface area contributed by atoms with Gasteiger partial charge in [0.15, 0.2) is 0 Å². The number of aromatic nitrogens is 2. The number of anilines is 3. The van der Waals surface area contributed by atoms with Crippen LogP contribution < -0.4 is 9.80 Å². The molecule has 0 spiro atoms. The van der Waals surface area contributed by atoms with Gasteiger partial charge in [0.1, 0.15) is 5.82 Å². The van der Waals surface area contributed by atoms with Gasteiger partial charge < -0.3 is 19.4 Å². The van der Waals surface area contributed by atoms with Gasteiger partial charge in [-0.05, 0) is 31.9 Å². The molecule has 1 amide bonds.